The van der Waals surface area contributed by atoms with Gasteiger partial charge in [0.25, 0.3) is 0 Å². The fourth-order valence-corrected chi connectivity index (χ4v) is 2.15. The Morgan fingerprint density at radius 2 is 1.57 bits per heavy atom. The van der Waals surface area contributed by atoms with E-state index in [1.165, 1.54) is 0 Å². The summed E-state index contributed by atoms with van der Waals surface area (Å²) in [6.45, 7) is 10.2. The van der Waals surface area contributed by atoms with E-state index in [2.05, 4.69) is 38.3 Å². The number of nitrogens with two attached hydrogens (primary N) is 1. The van der Waals surface area contributed by atoms with Crippen LogP contribution in [0.15, 0.2) is 0 Å². The van der Waals surface area contributed by atoms with Crippen LogP contribution < -0.4 is 16.4 Å². The molecule has 21 heavy (non-hydrogen) atoms. The Bertz CT molecular complexity index is 304. The second-order valence-electron chi connectivity index (χ2n) is 6.42. The van der Waals surface area contributed by atoms with Crippen molar-refractivity contribution >= 4 is 11.8 Å². The summed E-state index contributed by atoms with van der Waals surface area (Å²) in [5.74, 6) is 1.50. The van der Waals surface area contributed by atoms with Gasteiger partial charge in [-0.3, -0.25) is 9.59 Å². The van der Waals surface area contributed by atoms with Gasteiger partial charge in [-0.1, -0.05) is 27.7 Å². The van der Waals surface area contributed by atoms with Crippen molar-refractivity contribution < 1.29 is 9.59 Å². The molecule has 0 saturated carbocycles. The first-order valence-corrected chi connectivity index (χ1v) is 8.10. The van der Waals surface area contributed by atoms with E-state index in [0.717, 1.165) is 12.8 Å². The van der Waals surface area contributed by atoms with Crippen molar-refractivity contribution in [3.05, 3.63) is 0 Å². The SMILES string of the molecule is CC(C)CNC(=O)CCNC(=O)CCC(CCN)C(C)C. The van der Waals surface area contributed by atoms with Gasteiger partial charge >= 0.3 is 0 Å². The largest absolute Gasteiger partial charge is 0.356 e. The van der Waals surface area contributed by atoms with Gasteiger partial charge in [-0.25, -0.2) is 0 Å². The van der Waals surface area contributed by atoms with Crippen LogP contribution in [0.25, 0.3) is 0 Å². The van der Waals surface area contributed by atoms with Crippen molar-refractivity contribution in [2.45, 2.75) is 53.4 Å². The van der Waals surface area contributed by atoms with Crippen LogP contribution in [0.1, 0.15) is 53.4 Å². The lowest BCUT2D eigenvalue weighted by atomic mass is 9.88. The van der Waals surface area contributed by atoms with E-state index in [-0.39, 0.29) is 11.8 Å². The molecule has 0 aromatic heterocycles. The predicted molar refractivity (Wildman–Crippen MR) is 86.7 cm³/mol. The summed E-state index contributed by atoms with van der Waals surface area (Å²) in [7, 11) is 0. The molecule has 5 nitrogen and oxygen atoms in total. The van der Waals surface area contributed by atoms with Crippen molar-refractivity contribution in [1.29, 1.82) is 0 Å². The van der Waals surface area contributed by atoms with Crippen molar-refractivity contribution in [3.8, 4) is 0 Å². The normalized spacial score (nSPS) is 12.5. The fourth-order valence-electron chi connectivity index (χ4n) is 2.15. The van der Waals surface area contributed by atoms with E-state index in [1.807, 2.05) is 0 Å². The fraction of sp³-hybridized carbons (Fsp3) is 0.875. The minimum Gasteiger partial charge on any atom is -0.356 e. The van der Waals surface area contributed by atoms with E-state index in [9.17, 15) is 9.59 Å². The van der Waals surface area contributed by atoms with Gasteiger partial charge in [-0.2, -0.15) is 0 Å². The maximum atomic E-state index is 11.7. The molecule has 0 radical (unpaired) electrons. The van der Waals surface area contributed by atoms with E-state index in [0.29, 0.717) is 50.2 Å². The summed E-state index contributed by atoms with van der Waals surface area (Å²) < 4.78 is 0. The topological polar surface area (TPSA) is 84.2 Å². The van der Waals surface area contributed by atoms with Crippen molar-refractivity contribution in [2.24, 2.45) is 23.5 Å². The Labute approximate surface area is 129 Å². The highest BCUT2D eigenvalue weighted by molar-refractivity contribution is 5.78. The van der Waals surface area contributed by atoms with Gasteiger partial charge < -0.3 is 16.4 Å². The lowest BCUT2D eigenvalue weighted by Gasteiger charge is -2.19. The molecule has 124 valence electrons. The minimum absolute atomic E-state index is 0.00723. The zero-order valence-corrected chi connectivity index (χ0v) is 14.1. The second-order valence-corrected chi connectivity index (χ2v) is 6.42. The van der Waals surface area contributed by atoms with Crippen LogP contribution in [-0.2, 0) is 9.59 Å². The van der Waals surface area contributed by atoms with Gasteiger partial charge in [-0.15, -0.1) is 0 Å². The Balaban J connectivity index is 3.77. The molecule has 0 heterocycles. The van der Waals surface area contributed by atoms with Crippen LogP contribution in [0.2, 0.25) is 0 Å². The molecule has 0 saturated heterocycles. The van der Waals surface area contributed by atoms with Crippen LogP contribution in [0, 0.1) is 17.8 Å². The number of nitrogens with one attached hydrogen (secondary N) is 2. The highest BCUT2D eigenvalue weighted by Gasteiger charge is 2.14. The summed E-state index contributed by atoms with van der Waals surface area (Å²) in [6.07, 6.45) is 2.67. The third kappa shape index (κ3) is 11.3. The molecule has 0 rings (SSSR count). The average Bonchev–Trinajstić information content (AvgIpc) is 2.40. The molecule has 1 unspecified atom stereocenters. The lowest BCUT2D eigenvalue weighted by molar-refractivity contribution is -0.122. The summed E-state index contributed by atoms with van der Waals surface area (Å²) in [6, 6.07) is 0. The van der Waals surface area contributed by atoms with Gasteiger partial charge in [-0.05, 0) is 37.1 Å². The number of hydrogen-bond acceptors (Lipinski definition) is 3. The second kappa shape index (κ2) is 11.5. The lowest BCUT2D eigenvalue weighted by Crippen LogP contribution is -2.32. The number of carbonyl (C=O) groups excluding carboxylic acids is 2. The Morgan fingerprint density at radius 3 is 2.10 bits per heavy atom. The number of hydrogen-bond donors (Lipinski definition) is 3. The Hall–Kier alpha value is -1.10. The molecule has 1 atom stereocenters. The molecule has 0 aliphatic heterocycles. The van der Waals surface area contributed by atoms with Crippen LogP contribution in [0.5, 0.6) is 0 Å². The summed E-state index contributed by atoms with van der Waals surface area (Å²) in [5, 5.41) is 5.64. The van der Waals surface area contributed by atoms with E-state index >= 15 is 0 Å². The van der Waals surface area contributed by atoms with Gasteiger partial charge in [0.2, 0.25) is 11.8 Å². The summed E-state index contributed by atoms with van der Waals surface area (Å²) >= 11 is 0. The molecule has 0 aliphatic carbocycles. The number of carbonyl (C=O) groups is 2. The zero-order valence-electron chi connectivity index (χ0n) is 14.1. The highest BCUT2D eigenvalue weighted by atomic mass is 16.2. The zero-order chi connectivity index (χ0) is 16.3. The monoisotopic (exact) mass is 299 g/mol. The first kappa shape index (κ1) is 19.9. The smallest absolute Gasteiger partial charge is 0.221 e. The molecule has 0 fully saturated rings. The molecule has 2 amide bonds. The van der Waals surface area contributed by atoms with Gasteiger partial charge in [0, 0.05) is 25.9 Å². The first-order chi connectivity index (χ1) is 9.86. The number of amides is 2. The quantitative estimate of drug-likeness (QED) is 0.542. The van der Waals surface area contributed by atoms with Crippen LogP contribution >= 0.6 is 0 Å². The molecule has 5 heteroatoms. The standard InChI is InChI=1S/C16H33N3O2/c1-12(2)11-19-16(21)8-10-18-15(20)6-5-14(7-9-17)13(3)4/h12-14H,5-11,17H2,1-4H3,(H,18,20)(H,19,21). The third-order valence-corrected chi connectivity index (χ3v) is 3.60. The highest BCUT2D eigenvalue weighted by Crippen LogP contribution is 2.20. The molecule has 4 N–H and O–H groups in total. The molecular formula is C16H33N3O2. The molecular weight excluding hydrogens is 266 g/mol. The maximum absolute atomic E-state index is 11.7. The minimum atomic E-state index is -0.00723. The molecule has 0 spiro atoms. The van der Waals surface area contributed by atoms with Gasteiger partial charge in [0.05, 0.1) is 0 Å². The van der Waals surface area contributed by atoms with E-state index in [1.54, 1.807) is 0 Å². The van der Waals surface area contributed by atoms with Crippen LogP contribution in [0.4, 0.5) is 0 Å². The maximum Gasteiger partial charge on any atom is 0.221 e. The van der Waals surface area contributed by atoms with Crippen molar-refractivity contribution in [3.63, 3.8) is 0 Å². The predicted octanol–water partition coefficient (Wildman–Crippen LogP) is 1.67. The van der Waals surface area contributed by atoms with Crippen LogP contribution in [-0.4, -0.2) is 31.4 Å². The van der Waals surface area contributed by atoms with Gasteiger partial charge in [0.15, 0.2) is 0 Å². The van der Waals surface area contributed by atoms with E-state index < -0.39 is 0 Å². The summed E-state index contributed by atoms with van der Waals surface area (Å²) in [4.78, 5) is 23.2. The third-order valence-electron chi connectivity index (χ3n) is 3.60. The summed E-state index contributed by atoms with van der Waals surface area (Å²) in [5.41, 5.74) is 5.59. The Morgan fingerprint density at radius 1 is 0.952 bits per heavy atom. The molecule has 0 aromatic carbocycles. The molecule has 0 aromatic rings. The van der Waals surface area contributed by atoms with Gasteiger partial charge in [0.1, 0.15) is 0 Å². The van der Waals surface area contributed by atoms with Crippen molar-refractivity contribution in [2.75, 3.05) is 19.6 Å². The van der Waals surface area contributed by atoms with Crippen molar-refractivity contribution in [1.82, 2.24) is 10.6 Å². The van der Waals surface area contributed by atoms with E-state index in [4.69, 9.17) is 5.73 Å². The first-order valence-electron chi connectivity index (χ1n) is 8.10. The molecule has 0 bridgehead atoms. The average molecular weight is 299 g/mol. The van der Waals surface area contributed by atoms with Crippen LogP contribution in [0.3, 0.4) is 0 Å². The Kier molecular flexibility index (Phi) is 10.9. The molecule has 0 aliphatic rings. The number of rotatable bonds is 11.